The number of carbonyl (C=O) groups excluding carboxylic acids is 3. The number of nitrogens with zero attached hydrogens (tertiary/aromatic N) is 4. The van der Waals surface area contributed by atoms with E-state index < -0.39 is 17.7 Å². The summed E-state index contributed by atoms with van der Waals surface area (Å²) in [5.41, 5.74) is 5.60. The molecule has 0 spiro atoms. The molecule has 0 saturated carbocycles. The highest BCUT2D eigenvalue weighted by Gasteiger charge is 2.38. The van der Waals surface area contributed by atoms with Crippen LogP contribution < -0.4 is 5.32 Å². The van der Waals surface area contributed by atoms with Gasteiger partial charge in [0.05, 0.1) is 36.1 Å². The third-order valence-electron chi connectivity index (χ3n) is 8.99. The number of rotatable bonds is 6. The monoisotopic (exact) mass is 691 g/mol. The summed E-state index contributed by atoms with van der Waals surface area (Å²) in [6.07, 6.45) is 4.46. The van der Waals surface area contributed by atoms with Crippen LogP contribution in [0.1, 0.15) is 89.2 Å². The van der Waals surface area contributed by atoms with Gasteiger partial charge in [-0.3, -0.25) is 9.69 Å². The van der Waals surface area contributed by atoms with Crippen LogP contribution in [0.15, 0.2) is 60.3 Å². The molecule has 12 heteroatoms. The average molecular weight is 692 g/mol. The van der Waals surface area contributed by atoms with Crippen LogP contribution in [0.5, 0.6) is 0 Å². The Labute approximate surface area is 298 Å². The van der Waals surface area contributed by atoms with Crippen LogP contribution in [0.3, 0.4) is 0 Å². The molecular formula is C39H45N7O5. The largest absolute Gasteiger partial charge is 0.453 e. The first-order chi connectivity index (χ1) is 24.3. The molecule has 0 radical (unpaired) electrons. The van der Waals surface area contributed by atoms with Gasteiger partial charge in [0, 0.05) is 24.2 Å². The predicted molar refractivity (Wildman–Crippen MR) is 193 cm³/mol. The number of hydrogen-bond donors (Lipinski definition) is 3. The summed E-state index contributed by atoms with van der Waals surface area (Å²) in [5, 5.41) is 2.69. The molecule has 3 atom stereocenters. The van der Waals surface area contributed by atoms with E-state index in [0.29, 0.717) is 24.7 Å². The topological polar surface area (TPSA) is 146 Å². The summed E-state index contributed by atoms with van der Waals surface area (Å²) in [4.78, 5) is 58.0. The molecule has 3 unspecified atom stereocenters. The van der Waals surface area contributed by atoms with Gasteiger partial charge in [-0.15, -0.1) is 0 Å². The average Bonchev–Trinajstić information content (AvgIpc) is 3.90. The number of methoxy groups -OCH3 is 1. The number of H-pyrrole nitrogens is 2. The lowest BCUT2D eigenvalue weighted by Crippen LogP contribution is -2.51. The fourth-order valence-electron chi connectivity index (χ4n) is 6.47. The van der Waals surface area contributed by atoms with Crippen molar-refractivity contribution >= 4 is 29.1 Å². The molecule has 2 aromatic heterocycles. The van der Waals surface area contributed by atoms with Crippen LogP contribution in [0, 0.1) is 17.8 Å². The van der Waals surface area contributed by atoms with Crippen LogP contribution in [0.2, 0.25) is 0 Å². The van der Waals surface area contributed by atoms with Crippen LogP contribution in [-0.4, -0.2) is 79.7 Å². The van der Waals surface area contributed by atoms with Crippen molar-refractivity contribution in [3.63, 3.8) is 0 Å². The summed E-state index contributed by atoms with van der Waals surface area (Å²) in [7, 11) is 1.29. The van der Waals surface area contributed by atoms with E-state index in [0.717, 1.165) is 51.8 Å². The van der Waals surface area contributed by atoms with Crippen molar-refractivity contribution in [1.29, 1.82) is 0 Å². The van der Waals surface area contributed by atoms with Gasteiger partial charge in [-0.05, 0) is 82.3 Å². The van der Waals surface area contributed by atoms with Gasteiger partial charge in [-0.1, -0.05) is 49.5 Å². The number of aromatic nitrogens is 4. The number of amides is 3. The summed E-state index contributed by atoms with van der Waals surface area (Å²) in [6, 6.07) is 12.5. The normalized spacial score (nSPS) is 18.0. The molecule has 4 aromatic rings. The Morgan fingerprint density at radius 1 is 1.00 bits per heavy atom. The van der Waals surface area contributed by atoms with Crippen molar-refractivity contribution in [1.82, 2.24) is 35.1 Å². The summed E-state index contributed by atoms with van der Waals surface area (Å²) < 4.78 is 10.4. The van der Waals surface area contributed by atoms with Crippen molar-refractivity contribution in [2.24, 2.45) is 5.92 Å². The number of nitrogens with one attached hydrogen (secondary N) is 3. The standard InChI is InChI=1S/C39H45N7O5/c1-23(2)33(44-37(48)50-7)36(47)45-18-8-9-31(45)34-40-21-30(43-34)27-15-12-25(13-16-27)10-11-26-14-17-28-29(20-26)42-35(41-28)32-19-24(3)22-46(32)38(49)51-39(4,5)6/h12-17,19-21,23,31-33H,8-9,18,22H2,1-7H3,(H,40,43)(H,41,42)(H,44,48). The second-order valence-corrected chi connectivity index (χ2v) is 14.5. The molecule has 6 rings (SSSR count). The lowest BCUT2D eigenvalue weighted by Gasteiger charge is -2.30. The Morgan fingerprint density at radius 3 is 2.43 bits per heavy atom. The first-order valence-electron chi connectivity index (χ1n) is 17.3. The van der Waals surface area contributed by atoms with Gasteiger partial charge in [0.2, 0.25) is 5.91 Å². The summed E-state index contributed by atoms with van der Waals surface area (Å²) in [5.74, 6) is 7.66. The molecule has 3 N–H and O–H groups in total. The Balaban J connectivity index is 1.13. The molecular weight excluding hydrogens is 646 g/mol. The molecule has 51 heavy (non-hydrogen) atoms. The molecule has 4 heterocycles. The third kappa shape index (κ3) is 7.93. The summed E-state index contributed by atoms with van der Waals surface area (Å²) >= 11 is 0. The van der Waals surface area contributed by atoms with Crippen molar-refractivity contribution in [3.8, 4) is 23.1 Å². The third-order valence-corrected chi connectivity index (χ3v) is 8.99. The minimum atomic E-state index is -0.685. The van der Waals surface area contributed by atoms with Gasteiger partial charge in [-0.25, -0.2) is 19.6 Å². The molecule has 266 valence electrons. The summed E-state index contributed by atoms with van der Waals surface area (Å²) in [6.45, 7) is 12.5. The van der Waals surface area contributed by atoms with Gasteiger partial charge in [-0.2, -0.15) is 0 Å². The first-order valence-corrected chi connectivity index (χ1v) is 17.3. The predicted octanol–water partition coefficient (Wildman–Crippen LogP) is 6.64. The van der Waals surface area contributed by atoms with E-state index in [1.165, 1.54) is 7.11 Å². The van der Waals surface area contributed by atoms with E-state index in [-0.39, 0.29) is 30.0 Å². The first kappa shape index (κ1) is 35.3. The molecule has 3 amide bonds. The fourth-order valence-corrected chi connectivity index (χ4v) is 6.47. The number of benzene rings is 2. The number of hydrogen-bond acceptors (Lipinski definition) is 7. The number of aromatic amines is 2. The molecule has 2 aliphatic heterocycles. The van der Waals surface area contributed by atoms with E-state index in [9.17, 15) is 14.4 Å². The van der Waals surface area contributed by atoms with E-state index >= 15 is 0 Å². The second kappa shape index (κ2) is 14.3. The molecule has 1 fully saturated rings. The lowest BCUT2D eigenvalue weighted by atomic mass is 10.0. The maximum Gasteiger partial charge on any atom is 0.411 e. The number of fused-ring (bicyclic) bond motifs is 1. The van der Waals surface area contributed by atoms with E-state index in [1.807, 2.05) is 90.1 Å². The number of alkyl carbamates (subject to hydrolysis) is 1. The molecule has 12 nitrogen and oxygen atoms in total. The zero-order valence-corrected chi connectivity index (χ0v) is 30.2. The number of imidazole rings is 2. The van der Waals surface area contributed by atoms with Crippen LogP contribution >= 0.6 is 0 Å². The van der Waals surface area contributed by atoms with Gasteiger partial charge < -0.3 is 29.7 Å². The lowest BCUT2D eigenvalue weighted by molar-refractivity contribution is -0.135. The maximum atomic E-state index is 13.5. The molecule has 0 bridgehead atoms. The van der Waals surface area contributed by atoms with Crippen LogP contribution in [0.25, 0.3) is 22.3 Å². The molecule has 2 aromatic carbocycles. The molecule has 2 aliphatic rings. The minimum absolute atomic E-state index is 0.102. The van der Waals surface area contributed by atoms with Gasteiger partial charge in [0.25, 0.3) is 0 Å². The quantitative estimate of drug-likeness (QED) is 0.152. The Morgan fingerprint density at radius 2 is 1.73 bits per heavy atom. The van der Waals surface area contributed by atoms with Gasteiger partial charge >= 0.3 is 12.2 Å². The zero-order chi connectivity index (χ0) is 36.4. The van der Waals surface area contributed by atoms with Crippen molar-refractivity contribution < 1.29 is 23.9 Å². The van der Waals surface area contributed by atoms with Gasteiger partial charge in [0.15, 0.2) is 0 Å². The van der Waals surface area contributed by atoms with Crippen LogP contribution in [-0.2, 0) is 14.3 Å². The van der Waals surface area contributed by atoms with E-state index in [1.54, 1.807) is 16.0 Å². The Bertz CT molecular complexity index is 2030. The highest BCUT2D eigenvalue weighted by molar-refractivity contribution is 5.86. The number of likely N-dealkylation sites (tertiary alicyclic amines) is 1. The van der Waals surface area contributed by atoms with Gasteiger partial charge in [0.1, 0.15) is 29.3 Å². The highest BCUT2D eigenvalue weighted by Crippen LogP contribution is 2.33. The van der Waals surface area contributed by atoms with Crippen molar-refractivity contribution in [2.75, 3.05) is 20.2 Å². The molecule has 1 saturated heterocycles. The number of ether oxygens (including phenoxy) is 2. The minimum Gasteiger partial charge on any atom is -0.453 e. The fraction of sp³-hybridized carbons (Fsp3) is 0.410. The van der Waals surface area contributed by atoms with E-state index in [4.69, 9.17) is 14.5 Å². The van der Waals surface area contributed by atoms with Crippen molar-refractivity contribution in [3.05, 3.63) is 83.1 Å². The SMILES string of the molecule is COC(=O)NC(C(=O)N1CCCC1c1ncc(-c2ccc(C#Cc3ccc4nc(C5C=C(C)CN5C(=O)OC(C)(C)C)[nH]c4c3)cc2)[nH]1)C(C)C. The number of carbonyl (C=O) groups is 3. The second-order valence-electron chi connectivity index (χ2n) is 14.5. The molecule has 0 aliphatic carbocycles. The Kier molecular flexibility index (Phi) is 9.92. The Hall–Kier alpha value is -5.57. The smallest absolute Gasteiger partial charge is 0.411 e. The zero-order valence-electron chi connectivity index (χ0n) is 30.2. The maximum absolute atomic E-state index is 13.5. The van der Waals surface area contributed by atoms with E-state index in [2.05, 4.69) is 32.1 Å². The highest BCUT2D eigenvalue weighted by atomic mass is 16.6. The van der Waals surface area contributed by atoms with Crippen LogP contribution in [0.4, 0.5) is 9.59 Å². The van der Waals surface area contributed by atoms with Crippen molar-refractivity contribution in [2.45, 2.75) is 78.1 Å².